The highest BCUT2D eigenvalue weighted by molar-refractivity contribution is 5.88. The van der Waals surface area contributed by atoms with E-state index in [0.717, 1.165) is 63.1 Å². The molecular weight excluding hydrogens is 629 g/mol. The van der Waals surface area contributed by atoms with Gasteiger partial charge >= 0.3 is 5.97 Å². The molecule has 0 bridgehead atoms. The summed E-state index contributed by atoms with van der Waals surface area (Å²) in [5.74, 6) is 2.56. The predicted octanol–water partition coefficient (Wildman–Crippen LogP) is 11.1. The first kappa shape index (κ1) is 39.8. The maximum Gasteiger partial charge on any atom is 0.335 e. The average Bonchev–Trinajstić information content (AvgIpc) is 3.72. The van der Waals surface area contributed by atoms with Crippen molar-refractivity contribution in [1.82, 2.24) is 10.2 Å². The number of fused-ring (bicyclic) bond motifs is 7. The minimum absolute atomic E-state index is 0.0533. The number of aromatic carboxylic acids is 1. The van der Waals surface area contributed by atoms with E-state index in [1.165, 1.54) is 75.5 Å². The molecule has 1 saturated heterocycles. The fourth-order valence-electron chi connectivity index (χ4n) is 13.6. The molecule has 5 heteroatoms. The quantitative estimate of drug-likeness (QED) is 0.209. The molecule has 7 rings (SSSR count). The summed E-state index contributed by atoms with van der Waals surface area (Å²) in [6.07, 6.45) is 20.7. The molecular formula is C46H72N2O3. The molecule has 5 nitrogen and oxygen atoms in total. The molecule has 1 aliphatic heterocycles. The van der Waals surface area contributed by atoms with Crippen LogP contribution in [0.2, 0.25) is 0 Å². The van der Waals surface area contributed by atoms with Gasteiger partial charge in [-0.1, -0.05) is 79.2 Å². The molecule has 1 amide bonds. The number of nitrogens with zero attached hydrogens (tertiary/aromatic N) is 1. The molecule has 51 heavy (non-hydrogen) atoms. The van der Waals surface area contributed by atoms with Crippen molar-refractivity contribution in [2.75, 3.05) is 26.2 Å². The third-order valence-corrected chi connectivity index (χ3v) is 16.0. The number of carboxylic acid groups (broad SMARTS) is 1. The van der Waals surface area contributed by atoms with Gasteiger partial charge in [-0.05, 0) is 158 Å². The Morgan fingerprint density at radius 2 is 1.63 bits per heavy atom. The maximum atomic E-state index is 12.0. The number of hydrogen-bond donors (Lipinski definition) is 2. The van der Waals surface area contributed by atoms with Gasteiger partial charge in [-0.25, -0.2) is 4.79 Å². The number of amides is 1. The summed E-state index contributed by atoms with van der Waals surface area (Å²) in [5, 5.41) is 13.4. The van der Waals surface area contributed by atoms with E-state index in [2.05, 4.69) is 57.5 Å². The van der Waals surface area contributed by atoms with Gasteiger partial charge in [0.25, 0.3) is 0 Å². The van der Waals surface area contributed by atoms with E-state index < -0.39 is 5.97 Å². The summed E-state index contributed by atoms with van der Waals surface area (Å²) in [7, 11) is 0. The van der Waals surface area contributed by atoms with Crippen LogP contribution in [0.4, 0.5) is 0 Å². The number of allylic oxidation sites excluding steroid dienone is 3. The minimum atomic E-state index is -0.854. The normalized spacial score (nSPS) is 37.6. The van der Waals surface area contributed by atoms with Crippen molar-refractivity contribution in [2.45, 2.75) is 139 Å². The van der Waals surface area contributed by atoms with Gasteiger partial charge in [-0.2, -0.15) is 0 Å². The summed E-state index contributed by atoms with van der Waals surface area (Å²) in [4.78, 5) is 25.6. The van der Waals surface area contributed by atoms with Gasteiger partial charge in [0.05, 0.1) is 5.56 Å². The van der Waals surface area contributed by atoms with Crippen molar-refractivity contribution >= 4 is 17.4 Å². The van der Waals surface area contributed by atoms with Crippen LogP contribution in [0.3, 0.4) is 0 Å². The summed E-state index contributed by atoms with van der Waals surface area (Å²) in [6.45, 7) is 26.4. The molecule has 8 atom stereocenters. The van der Waals surface area contributed by atoms with Gasteiger partial charge < -0.3 is 15.3 Å². The maximum absolute atomic E-state index is 12.0. The summed E-state index contributed by atoms with van der Waals surface area (Å²) < 4.78 is 0. The topological polar surface area (TPSA) is 69.6 Å². The molecule has 284 valence electrons. The first-order valence-electron chi connectivity index (χ1n) is 20.9. The van der Waals surface area contributed by atoms with E-state index in [1.807, 2.05) is 32.9 Å². The van der Waals surface area contributed by atoms with Crippen LogP contribution in [0.1, 0.15) is 155 Å². The molecule has 5 aliphatic carbocycles. The fourth-order valence-corrected chi connectivity index (χ4v) is 13.6. The monoisotopic (exact) mass is 701 g/mol. The van der Waals surface area contributed by atoms with E-state index >= 15 is 0 Å². The molecule has 0 aromatic heterocycles. The molecule has 1 aromatic carbocycles. The predicted molar refractivity (Wildman–Crippen MR) is 213 cm³/mol. The number of carbonyl (C=O) groups excluding carboxylic acids is 1. The van der Waals surface area contributed by atoms with Gasteiger partial charge in [0.15, 0.2) is 0 Å². The van der Waals surface area contributed by atoms with Crippen molar-refractivity contribution in [1.29, 1.82) is 0 Å². The highest BCUT2D eigenvalue weighted by Crippen LogP contribution is 2.77. The zero-order valence-electron chi connectivity index (χ0n) is 33.7. The number of carbonyl (C=O) groups is 2. The summed E-state index contributed by atoms with van der Waals surface area (Å²) in [6, 6.07) is 7.64. The smallest absolute Gasteiger partial charge is 0.335 e. The number of rotatable bonds is 8. The van der Waals surface area contributed by atoms with Crippen LogP contribution in [-0.2, 0) is 4.79 Å². The van der Waals surface area contributed by atoms with E-state index in [-0.39, 0.29) is 10.8 Å². The second kappa shape index (κ2) is 15.5. The minimum Gasteiger partial charge on any atom is -0.478 e. The van der Waals surface area contributed by atoms with Crippen molar-refractivity contribution in [3.8, 4) is 0 Å². The summed E-state index contributed by atoms with van der Waals surface area (Å²) >= 11 is 0. The highest BCUT2D eigenvalue weighted by Gasteiger charge is 2.69. The number of nitrogens with one attached hydrogen (secondary N) is 1. The standard InChI is InChI=1S/C41H60N2O3.C3H6.C2H6/c1-37(2)30(28-11-13-29(14-12-28)36(45)46)17-20-38(3)33(37)18-21-40(5)34(38)16-15-31-32-9-6-19-41(32,23-22-39(31,40)4)27-42-24-8-26-43-25-7-10-35(43)44;1-3-2;1-2/h11-14,17,31-34,42H,6-10,15-16,18-27H2,1-5H3,(H,45,46);3H,1H2,2H3;1-2H3/t31?,32?,33?,34?,38?,39-,40?,41?;;/m1../s1. The number of likely N-dealkylation sites (tertiary alicyclic amines) is 1. The third-order valence-electron chi connectivity index (χ3n) is 16.0. The van der Waals surface area contributed by atoms with Crippen LogP contribution >= 0.6 is 0 Å². The SMILES string of the molecule is C=CC.CC.CC1(C)C(c2ccc(C(=O)O)cc2)=CCC2(C)C1CCC1(C)C2CCC2C3CCCC3(CNCCCN3CCCC3=O)CC[C@]21C. The highest BCUT2D eigenvalue weighted by atomic mass is 16.4. The van der Waals surface area contributed by atoms with Gasteiger partial charge in [-0.15, -0.1) is 6.58 Å². The largest absolute Gasteiger partial charge is 0.478 e. The Morgan fingerprint density at radius 1 is 0.922 bits per heavy atom. The second-order valence-electron chi connectivity index (χ2n) is 18.4. The molecule has 4 saturated carbocycles. The second-order valence-corrected chi connectivity index (χ2v) is 18.4. The van der Waals surface area contributed by atoms with Crippen LogP contribution in [0.15, 0.2) is 43.0 Å². The van der Waals surface area contributed by atoms with Gasteiger partial charge in [0.1, 0.15) is 0 Å². The van der Waals surface area contributed by atoms with Gasteiger partial charge in [0, 0.05) is 26.1 Å². The lowest BCUT2D eigenvalue weighted by Gasteiger charge is -2.72. The number of hydrogen-bond acceptors (Lipinski definition) is 3. The Hall–Kier alpha value is -2.40. The van der Waals surface area contributed by atoms with Crippen molar-refractivity contribution in [2.24, 2.45) is 50.7 Å². The molecule has 0 radical (unpaired) electrons. The Balaban J connectivity index is 0.000000959. The Labute approximate surface area is 311 Å². The first-order valence-corrected chi connectivity index (χ1v) is 20.9. The molecule has 0 spiro atoms. The van der Waals surface area contributed by atoms with Gasteiger partial charge in [0.2, 0.25) is 5.91 Å². The third kappa shape index (κ3) is 6.81. The lowest BCUT2D eigenvalue weighted by molar-refractivity contribution is -0.222. The Bertz CT molecular complexity index is 1430. The van der Waals surface area contributed by atoms with E-state index in [9.17, 15) is 14.7 Å². The van der Waals surface area contributed by atoms with Gasteiger partial charge in [-0.3, -0.25) is 4.79 Å². The Kier molecular flexibility index (Phi) is 12.1. The first-order chi connectivity index (χ1) is 24.3. The molecule has 5 fully saturated rings. The van der Waals surface area contributed by atoms with Crippen LogP contribution in [0, 0.1) is 50.7 Å². The van der Waals surface area contributed by atoms with E-state index in [0.29, 0.717) is 33.6 Å². The zero-order valence-corrected chi connectivity index (χ0v) is 33.7. The number of carboxylic acids is 1. The van der Waals surface area contributed by atoms with Crippen LogP contribution < -0.4 is 5.32 Å². The Morgan fingerprint density at radius 3 is 2.27 bits per heavy atom. The van der Waals surface area contributed by atoms with E-state index in [1.54, 1.807) is 18.2 Å². The molecule has 7 unspecified atom stereocenters. The molecule has 2 N–H and O–H groups in total. The lowest BCUT2D eigenvalue weighted by atomic mass is 9.32. The van der Waals surface area contributed by atoms with E-state index in [4.69, 9.17) is 0 Å². The van der Waals surface area contributed by atoms with Crippen molar-refractivity contribution in [3.63, 3.8) is 0 Å². The zero-order chi connectivity index (χ0) is 37.2. The molecule has 1 aromatic rings. The van der Waals surface area contributed by atoms with Crippen LogP contribution in [-0.4, -0.2) is 48.1 Å². The van der Waals surface area contributed by atoms with Crippen LogP contribution in [0.5, 0.6) is 0 Å². The van der Waals surface area contributed by atoms with Crippen LogP contribution in [0.25, 0.3) is 5.57 Å². The van der Waals surface area contributed by atoms with Crippen molar-refractivity contribution < 1.29 is 14.7 Å². The molecule has 1 heterocycles. The average molecular weight is 701 g/mol. The summed E-state index contributed by atoms with van der Waals surface area (Å²) in [5.41, 5.74) is 4.57. The number of benzene rings is 1. The fraction of sp³-hybridized carbons (Fsp3) is 0.739. The lowest BCUT2D eigenvalue weighted by Crippen LogP contribution is -2.65. The van der Waals surface area contributed by atoms with Crippen molar-refractivity contribution in [3.05, 3.63) is 54.1 Å². The molecule has 6 aliphatic rings.